The van der Waals surface area contributed by atoms with Crippen molar-refractivity contribution in [3.63, 3.8) is 0 Å². The van der Waals surface area contributed by atoms with Crippen LogP contribution in [0.5, 0.6) is 5.75 Å². The maximum Gasteiger partial charge on any atom is 0.165 e. The molecular weight excluding hydrogens is 278 g/mol. The molecule has 0 bridgehead atoms. The highest BCUT2D eigenvalue weighted by Gasteiger charge is 2.18. The average molecular weight is 292 g/mol. The second-order valence-corrected chi connectivity index (χ2v) is 4.94. The number of benzene rings is 1. The Labute approximate surface area is 121 Å². The van der Waals surface area contributed by atoms with E-state index in [0.717, 1.165) is 23.2 Å². The summed E-state index contributed by atoms with van der Waals surface area (Å²) in [4.78, 5) is 8.95. The van der Waals surface area contributed by atoms with Gasteiger partial charge in [-0.25, -0.2) is 9.97 Å². The second kappa shape index (κ2) is 5.26. The summed E-state index contributed by atoms with van der Waals surface area (Å²) in [5.74, 6) is 1.64. The van der Waals surface area contributed by atoms with Crippen molar-refractivity contribution in [2.45, 2.75) is 13.0 Å². The normalized spacial score (nSPS) is 13.9. The molecule has 0 spiro atoms. The van der Waals surface area contributed by atoms with Gasteiger partial charge in [0.15, 0.2) is 5.82 Å². The average Bonchev–Trinajstić information content (AvgIpc) is 2.47. The Kier molecular flexibility index (Phi) is 3.46. The maximum atomic E-state index is 6.00. The molecule has 1 aliphatic heterocycles. The van der Waals surface area contributed by atoms with Crippen LogP contribution in [-0.2, 0) is 17.8 Å². The van der Waals surface area contributed by atoms with Crippen LogP contribution in [0.1, 0.15) is 11.3 Å². The Morgan fingerprint density at radius 2 is 2.20 bits per heavy atom. The van der Waals surface area contributed by atoms with E-state index < -0.39 is 0 Å². The summed E-state index contributed by atoms with van der Waals surface area (Å²) in [6.45, 7) is 1.12. The summed E-state index contributed by atoms with van der Waals surface area (Å²) in [5.41, 5.74) is 8.60. The minimum absolute atomic E-state index is 0.460. The lowest BCUT2D eigenvalue weighted by Gasteiger charge is -2.18. The fraction of sp³-hybridized carbons (Fsp3) is 0.286. The fourth-order valence-electron chi connectivity index (χ4n) is 2.23. The zero-order valence-electron chi connectivity index (χ0n) is 11.0. The van der Waals surface area contributed by atoms with Crippen molar-refractivity contribution in [1.82, 2.24) is 9.97 Å². The number of hydrogen-bond acceptors (Lipinski definition) is 5. The number of nitrogens with zero attached hydrogens (tertiary/aromatic N) is 2. The predicted molar refractivity (Wildman–Crippen MR) is 76.8 cm³/mol. The highest BCUT2D eigenvalue weighted by molar-refractivity contribution is 6.30. The molecule has 5 nitrogen and oxygen atoms in total. The molecule has 1 aromatic heterocycles. The van der Waals surface area contributed by atoms with E-state index in [1.807, 2.05) is 6.07 Å². The van der Waals surface area contributed by atoms with Crippen LogP contribution in [0, 0.1) is 0 Å². The number of halogens is 1. The van der Waals surface area contributed by atoms with Crippen molar-refractivity contribution in [3.05, 3.63) is 34.5 Å². The van der Waals surface area contributed by atoms with Crippen LogP contribution < -0.4 is 10.5 Å². The van der Waals surface area contributed by atoms with Crippen molar-refractivity contribution < 1.29 is 9.47 Å². The van der Waals surface area contributed by atoms with Gasteiger partial charge in [0.2, 0.25) is 0 Å². The summed E-state index contributed by atoms with van der Waals surface area (Å²) in [6, 6.07) is 5.35. The number of nitrogens with two attached hydrogens (primary N) is 1. The quantitative estimate of drug-likeness (QED) is 0.920. The molecule has 2 aromatic rings. The summed E-state index contributed by atoms with van der Waals surface area (Å²) in [6.07, 6.45) is 0.741. The zero-order chi connectivity index (χ0) is 14.1. The second-order valence-electron chi connectivity index (χ2n) is 4.50. The smallest absolute Gasteiger partial charge is 0.165 e. The summed E-state index contributed by atoms with van der Waals surface area (Å²) in [5, 5.41) is 0.602. The van der Waals surface area contributed by atoms with Gasteiger partial charge in [0.25, 0.3) is 0 Å². The van der Waals surface area contributed by atoms with Gasteiger partial charge in [-0.15, -0.1) is 0 Å². The zero-order valence-corrected chi connectivity index (χ0v) is 11.8. The largest absolute Gasteiger partial charge is 0.496 e. The first-order valence-corrected chi connectivity index (χ1v) is 6.63. The summed E-state index contributed by atoms with van der Waals surface area (Å²) >= 11 is 5.97. The molecule has 0 atom stereocenters. The van der Waals surface area contributed by atoms with Crippen molar-refractivity contribution >= 4 is 17.4 Å². The molecule has 6 heteroatoms. The van der Waals surface area contributed by atoms with Crippen LogP contribution >= 0.6 is 11.6 Å². The number of hydrogen-bond donors (Lipinski definition) is 1. The van der Waals surface area contributed by atoms with Gasteiger partial charge in [0.1, 0.15) is 11.6 Å². The minimum atomic E-state index is 0.460. The Morgan fingerprint density at radius 1 is 1.35 bits per heavy atom. The van der Waals surface area contributed by atoms with E-state index in [2.05, 4.69) is 9.97 Å². The van der Waals surface area contributed by atoms with Gasteiger partial charge in [-0.2, -0.15) is 0 Å². The van der Waals surface area contributed by atoms with E-state index in [4.69, 9.17) is 26.8 Å². The Balaban J connectivity index is 2.13. The third-order valence-electron chi connectivity index (χ3n) is 3.26. The highest BCUT2D eigenvalue weighted by Crippen LogP contribution is 2.32. The molecular formula is C14H14ClN3O2. The lowest BCUT2D eigenvalue weighted by Crippen LogP contribution is -2.16. The van der Waals surface area contributed by atoms with E-state index in [-0.39, 0.29) is 0 Å². The minimum Gasteiger partial charge on any atom is -0.496 e. The number of nitrogen functional groups attached to an aromatic ring is 1. The third kappa shape index (κ3) is 2.30. The molecule has 0 saturated heterocycles. The van der Waals surface area contributed by atoms with E-state index in [1.54, 1.807) is 19.2 Å². The summed E-state index contributed by atoms with van der Waals surface area (Å²) < 4.78 is 10.7. The molecule has 0 aliphatic carbocycles. The standard InChI is InChI=1S/C14H14ClN3O2/c1-19-12-6-8(15)2-3-9(12)14-17-11-4-5-20-7-10(11)13(16)18-14/h2-3,6H,4-5,7H2,1H3,(H2,16,17,18). The lowest BCUT2D eigenvalue weighted by molar-refractivity contribution is 0.109. The molecule has 2 N–H and O–H groups in total. The first kappa shape index (κ1) is 13.1. The third-order valence-corrected chi connectivity index (χ3v) is 3.49. The van der Waals surface area contributed by atoms with Crippen LogP contribution in [0.3, 0.4) is 0 Å². The Hall–Kier alpha value is -1.85. The predicted octanol–water partition coefficient (Wildman–Crippen LogP) is 2.46. The molecule has 0 fully saturated rings. The molecule has 0 radical (unpaired) electrons. The molecule has 104 valence electrons. The SMILES string of the molecule is COc1cc(Cl)ccc1-c1nc(N)c2c(n1)CCOC2. The molecule has 0 unspecified atom stereocenters. The van der Waals surface area contributed by atoms with Crippen molar-refractivity contribution in [2.75, 3.05) is 19.5 Å². The first-order chi connectivity index (χ1) is 9.69. The molecule has 1 aliphatic rings. The number of ether oxygens (including phenoxy) is 2. The molecule has 1 aromatic carbocycles. The molecule has 2 heterocycles. The van der Waals surface area contributed by atoms with Gasteiger partial charge in [0, 0.05) is 17.0 Å². The van der Waals surface area contributed by atoms with Crippen LogP contribution in [0.15, 0.2) is 18.2 Å². The number of methoxy groups -OCH3 is 1. The fourth-order valence-corrected chi connectivity index (χ4v) is 2.39. The van der Waals surface area contributed by atoms with Crippen molar-refractivity contribution in [3.8, 4) is 17.1 Å². The molecule has 0 saturated carbocycles. The van der Waals surface area contributed by atoms with E-state index in [9.17, 15) is 0 Å². The number of fused-ring (bicyclic) bond motifs is 1. The maximum absolute atomic E-state index is 6.00. The van der Waals surface area contributed by atoms with Crippen LogP contribution in [0.4, 0.5) is 5.82 Å². The Bertz CT molecular complexity index is 661. The molecule has 3 rings (SSSR count). The van der Waals surface area contributed by atoms with Gasteiger partial charge in [-0.05, 0) is 18.2 Å². The van der Waals surface area contributed by atoms with Gasteiger partial charge in [-0.1, -0.05) is 11.6 Å². The van der Waals surface area contributed by atoms with E-state index >= 15 is 0 Å². The summed E-state index contributed by atoms with van der Waals surface area (Å²) in [7, 11) is 1.59. The van der Waals surface area contributed by atoms with E-state index in [1.165, 1.54) is 0 Å². The van der Waals surface area contributed by atoms with Crippen LogP contribution in [0.25, 0.3) is 11.4 Å². The number of aromatic nitrogens is 2. The monoisotopic (exact) mass is 291 g/mol. The highest BCUT2D eigenvalue weighted by atomic mass is 35.5. The van der Waals surface area contributed by atoms with Gasteiger partial charge in [-0.3, -0.25) is 0 Å². The van der Waals surface area contributed by atoms with Gasteiger partial charge < -0.3 is 15.2 Å². The van der Waals surface area contributed by atoms with Crippen molar-refractivity contribution in [1.29, 1.82) is 0 Å². The first-order valence-electron chi connectivity index (χ1n) is 6.26. The van der Waals surface area contributed by atoms with Crippen molar-refractivity contribution in [2.24, 2.45) is 0 Å². The van der Waals surface area contributed by atoms with E-state index in [0.29, 0.717) is 35.6 Å². The topological polar surface area (TPSA) is 70.3 Å². The lowest BCUT2D eigenvalue weighted by atomic mass is 10.1. The number of anilines is 1. The van der Waals surface area contributed by atoms with Gasteiger partial charge >= 0.3 is 0 Å². The number of rotatable bonds is 2. The molecule has 20 heavy (non-hydrogen) atoms. The van der Waals surface area contributed by atoms with Crippen LogP contribution in [0.2, 0.25) is 5.02 Å². The van der Waals surface area contributed by atoms with Gasteiger partial charge in [0.05, 0.1) is 31.6 Å². The van der Waals surface area contributed by atoms with Crippen LogP contribution in [-0.4, -0.2) is 23.7 Å². The Morgan fingerprint density at radius 3 is 3.00 bits per heavy atom. The molecule has 0 amide bonds.